The lowest BCUT2D eigenvalue weighted by molar-refractivity contribution is -0.321. The van der Waals surface area contributed by atoms with Crippen LogP contribution in [-0.4, -0.2) is 84.9 Å². The molecule has 3 aromatic rings. The monoisotopic (exact) mass is 522 g/mol. The Kier molecular flexibility index (Phi) is 7.34. The molecule has 13 nitrogen and oxygen atoms in total. The quantitative estimate of drug-likeness (QED) is 0.286. The second-order valence-corrected chi connectivity index (χ2v) is 7.98. The molecule has 1 fully saturated rings. The van der Waals surface area contributed by atoms with Crippen molar-refractivity contribution in [3.63, 3.8) is 0 Å². The zero-order valence-electron chi connectivity index (χ0n) is 20.2. The number of phenolic OH excluding ortho intramolecular Hbond substituents is 1. The number of hydrogen-bond donors (Lipinski definition) is 5. The van der Waals surface area contributed by atoms with Crippen LogP contribution in [0, 0.1) is 0 Å². The Labute approximate surface area is 209 Å². The molecule has 37 heavy (non-hydrogen) atoms. The number of aliphatic hydroxyl groups excluding tert-OH is 4. The Hall–Kier alpha value is -3.75. The molecule has 13 heteroatoms. The third-order valence-corrected chi connectivity index (χ3v) is 5.87. The minimum absolute atomic E-state index is 0.0251. The highest BCUT2D eigenvalue weighted by atomic mass is 16.7. The summed E-state index contributed by atoms with van der Waals surface area (Å²) >= 11 is 0. The molecule has 2 heterocycles. The fraction of sp³-hybridized carbons (Fsp3) is 0.375. The summed E-state index contributed by atoms with van der Waals surface area (Å²) in [6.45, 7) is 0. The summed E-state index contributed by atoms with van der Waals surface area (Å²) in [5.74, 6) is -0.264. The molecule has 0 aliphatic carbocycles. The van der Waals surface area contributed by atoms with Crippen molar-refractivity contribution < 1.29 is 58.4 Å². The maximum Gasteiger partial charge on any atom is 0.231 e. The highest BCUT2D eigenvalue weighted by molar-refractivity contribution is 5.95. The van der Waals surface area contributed by atoms with E-state index in [0.29, 0.717) is 5.56 Å². The number of ether oxygens (including phenoxy) is 6. The molecule has 0 spiro atoms. The van der Waals surface area contributed by atoms with E-state index in [2.05, 4.69) is 0 Å². The van der Waals surface area contributed by atoms with E-state index < -0.39 is 42.1 Å². The van der Waals surface area contributed by atoms with Crippen LogP contribution >= 0.6 is 0 Å². The molecule has 5 atom stereocenters. The molecule has 1 aliphatic heterocycles. The fourth-order valence-corrected chi connectivity index (χ4v) is 3.98. The molecule has 200 valence electrons. The Morgan fingerprint density at radius 2 is 1.46 bits per heavy atom. The second-order valence-electron chi connectivity index (χ2n) is 7.98. The molecule has 0 radical (unpaired) electrons. The van der Waals surface area contributed by atoms with E-state index in [1.165, 1.54) is 46.6 Å². The SMILES string of the molecule is COc1cc(-c2cc(=O)c3c(O)c(OC)c(OC)c(OC)c3o2)ccc1O[C@@H]1O[C@H](O)[C@H](O)C(O)C1O. The number of phenols is 1. The van der Waals surface area contributed by atoms with Crippen LogP contribution < -0.4 is 29.1 Å². The van der Waals surface area contributed by atoms with Crippen molar-refractivity contribution >= 4 is 11.0 Å². The van der Waals surface area contributed by atoms with Crippen LogP contribution in [0.4, 0.5) is 0 Å². The summed E-state index contributed by atoms with van der Waals surface area (Å²) in [4.78, 5) is 13.0. The number of hydrogen-bond acceptors (Lipinski definition) is 13. The predicted octanol–water partition coefficient (Wildman–Crippen LogP) is 0.336. The Morgan fingerprint density at radius 1 is 0.784 bits per heavy atom. The van der Waals surface area contributed by atoms with E-state index >= 15 is 0 Å². The largest absolute Gasteiger partial charge is 0.504 e. The maximum atomic E-state index is 13.0. The first-order chi connectivity index (χ1) is 17.7. The number of fused-ring (bicyclic) bond motifs is 1. The molecular weight excluding hydrogens is 496 g/mol. The van der Waals surface area contributed by atoms with Gasteiger partial charge in [-0.15, -0.1) is 0 Å². The Morgan fingerprint density at radius 3 is 2.08 bits per heavy atom. The summed E-state index contributed by atoms with van der Waals surface area (Å²) in [5, 5.41) is 49.9. The fourth-order valence-electron chi connectivity index (χ4n) is 3.98. The highest BCUT2D eigenvalue weighted by Gasteiger charge is 2.44. The number of aliphatic hydroxyl groups is 4. The molecule has 2 unspecified atom stereocenters. The van der Waals surface area contributed by atoms with E-state index in [1.807, 2.05) is 0 Å². The van der Waals surface area contributed by atoms with Gasteiger partial charge in [-0.1, -0.05) is 0 Å². The van der Waals surface area contributed by atoms with Crippen LogP contribution in [0.15, 0.2) is 33.5 Å². The lowest BCUT2D eigenvalue weighted by atomic mass is 10.0. The first-order valence-electron chi connectivity index (χ1n) is 10.9. The topological polar surface area (TPSA) is 187 Å². The van der Waals surface area contributed by atoms with Crippen LogP contribution in [0.1, 0.15) is 0 Å². The second kappa shape index (κ2) is 10.3. The number of rotatable bonds is 7. The standard InChI is InChI=1S/C24H26O13/c1-31-13-7-9(5-6-11(13)36-24-18(29)16(27)17(28)23(30)37-24)12-8-10(25)14-15(26)20(32-2)22(34-4)21(33-3)19(14)35-12/h5-8,16-18,23-24,26-30H,1-4H3/t16?,17-,18?,23+,24-/m1/s1. The molecule has 1 saturated heterocycles. The summed E-state index contributed by atoms with van der Waals surface area (Å²) < 4.78 is 37.8. The summed E-state index contributed by atoms with van der Waals surface area (Å²) in [5.41, 5.74) is -0.313. The van der Waals surface area contributed by atoms with Crippen molar-refractivity contribution in [2.75, 3.05) is 28.4 Å². The number of benzene rings is 2. The summed E-state index contributed by atoms with van der Waals surface area (Å²) in [6, 6.07) is 5.54. The average molecular weight is 522 g/mol. The van der Waals surface area contributed by atoms with Gasteiger partial charge in [0.25, 0.3) is 0 Å². The zero-order chi connectivity index (χ0) is 27.0. The van der Waals surface area contributed by atoms with Gasteiger partial charge in [-0.25, -0.2) is 0 Å². The van der Waals surface area contributed by atoms with Crippen molar-refractivity contribution in [3.05, 3.63) is 34.5 Å². The van der Waals surface area contributed by atoms with Gasteiger partial charge >= 0.3 is 0 Å². The molecule has 0 bridgehead atoms. The average Bonchev–Trinajstić information content (AvgIpc) is 2.89. The van der Waals surface area contributed by atoms with Crippen LogP contribution in [0.25, 0.3) is 22.3 Å². The molecule has 0 amide bonds. The van der Waals surface area contributed by atoms with Crippen molar-refractivity contribution in [1.29, 1.82) is 0 Å². The first-order valence-corrected chi connectivity index (χ1v) is 10.9. The predicted molar refractivity (Wildman–Crippen MR) is 125 cm³/mol. The lowest BCUT2D eigenvalue weighted by Crippen LogP contribution is -2.59. The molecule has 5 N–H and O–H groups in total. The van der Waals surface area contributed by atoms with E-state index in [0.717, 1.165) is 6.07 Å². The van der Waals surface area contributed by atoms with Gasteiger partial charge in [0.1, 0.15) is 29.5 Å². The minimum atomic E-state index is -1.79. The van der Waals surface area contributed by atoms with Crippen LogP contribution in [0.2, 0.25) is 0 Å². The molecule has 2 aromatic carbocycles. The van der Waals surface area contributed by atoms with Crippen molar-refractivity contribution in [1.82, 2.24) is 0 Å². The van der Waals surface area contributed by atoms with Crippen molar-refractivity contribution in [2.45, 2.75) is 30.9 Å². The molecular formula is C24H26O13. The smallest absolute Gasteiger partial charge is 0.231 e. The van der Waals surface area contributed by atoms with E-state index in [4.69, 9.17) is 32.8 Å². The minimum Gasteiger partial charge on any atom is -0.504 e. The van der Waals surface area contributed by atoms with Gasteiger partial charge in [0.2, 0.25) is 23.5 Å². The van der Waals surface area contributed by atoms with Gasteiger partial charge < -0.3 is 58.4 Å². The van der Waals surface area contributed by atoms with Gasteiger partial charge in [0.15, 0.2) is 34.6 Å². The van der Waals surface area contributed by atoms with E-state index in [-0.39, 0.29) is 45.5 Å². The third kappa shape index (κ3) is 4.47. The Balaban J connectivity index is 1.77. The maximum absolute atomic E-state index is 13.0. The van der Waals surface area contributed by atoms with E-state index in [1.54, 1.807) is 0 Å². The highest BCUT2D eigenvalue weighted by Crippen LogP contribution is 2.50. The molecule has 0 saturated carbocycles. The van der Waals surface area contributed by atoms with Crippen molar-refractivity contribution in [3.8, 4) is 45.8 Å². The molecule has 1 aromatic heterocycles. The molecule has 1 aliphatic rings. The van der Waals surface area contributed by atoms with Crippen molar-refractivity contribution in [2.24, 2.45) is 0 Å². The van der Waals surface area contributed by atoms with Crippen LogP contribution in [0.5, 0.6) is 34.5 Å². The van der Waals surface area contributed by atoms with Gasteiger partial charge in [-0.05, 0) is 18.2 Å². The summed E-state index contributed by atoms with van der Waals surface area (Å²) in [6.07, 6.45) is -8.42. The van der Waals surface area contributed by atoms with Gasteiger partial charge in [0.05, 0.1) is 28.4 Å². The number of aromatic hydroxyl groups is 1. The van der Waals surface area contributed by atoms with Crippen LogP contribution in [0.3, 0.4) is 0 Å². The first kappa shape index (κ1) is 26.3. The van der Waals surface area contributed by atoms with Gasteiger partial charge in [0, 0.05) is 11.6 Å². The zero-order valence-corrected chi connectivity index (χ0v) is 20.2. The summed E-state index contributed by atoms with van der Waals surface area (Å²) in [7, 11) is 5.31. The third-order valence-electron chi connectivity index (χ3n) is 5.87. The van der Waals surface area contributed by atoms with E-state index in [9.17, 15) is 30.3 Å². The number of methoxy groups -OCH3 is 4. The lowest BCUT2D eigenvalue weighted by Gasteiger charge is -2.38. The normalized spacial score (nSPS) is 23.5. The van der Waals surface area contributed by atoms with Crippen LogP contribution in [-0.2, 0) is 4.74 Å². The van der Waals surface area contributed by atoms with Gasteiger partial charge in [-0.2, -0.15) is 0 Å². The Bertz CT molecular complexity index is 1350. The molecule has 4 rings (SSSR count). The van der Waals surface area contributed by atoms with Gasteiger partial charge in [-0.3, -0.25) is 4.79 Å².